The standard InChI is InChI=1S/C23H26N4O2S/c1-3-5-6-10-27(9-4-2)23(29)15-7-8-17-16(11-15)12-18(24-17)21-22(28)26-20-14-30-13-19(20)25-21/h7-8,11-14,24H,3-6,9-10H2,1-2H3,(H,26,28). The van der Waals surface area contributed by atoms with Crippen molar-refractivity contribution in [1.29, 1.82) is 0 Å². The van der Waals surface area contributed by atoms with Crippen LogP contribution < -0.4 is 5.56 Å². The topological polar surface area (TPSA) is 81.8 Å². The monoisotopic (exact) mass is 422 g/mol. The van der Waals surface area contributed by atoms with E-state index in [1.807, 2.05) is 39.9 Å². The van der Waals surface area contributed by atoms with Gasteiger partial charge in [0.1, 0.15) is 0 Å². The number of carbonyl (C=O) groups excluding carboxylic acids is 1. The number of carbonyl (C=O) groups is 1. The molecule has 1 aromatic carbocycles. The molecule has 0 saturated heterocycles. The lowest BCUT2D eigenvalue weighted by atomic mass is 10.1. The van der Waals surface area contributed by atoms with Crippen molar-refractivity contribution >= 4 is 39.2 Å². The van der Waals surface area contributed by atoms with Crippen molar-refractivity contribution in [2.24, 2.45) is 0 Å². The predicted molar refractivity (Wildman–Crippen MR) is 123 cm³/mol. The lowest BCUT2D eigenvalue weighted by Gasteiger charge is -2.22. The maximum absolute atomic E-state index is 13.1. The van der Waals surface area contributed by atoms with Crippen LogP contribution in [0.3, 0.4) is 0 Å². The molecule has 0 fully saturated rings. The highest BCUT2D eigenvalue weighted by Crippen LogP contribution is 2.24. The molecule has 4 rings (SSSR count). The molecule has 6 nitrogen and oxygen atoms in total. The quantitative estimate of drug-likeness (QED) is 0.384. The van der Waals surface area contributed by atoms with Crippen LogP contribution in [0.4, 0.5) is 0 Å². The number of aromatic nitrogens is 3. The second-order valence-corrected chi connectivity index (χ2v) is 8.31. The molecular weight excluding hydrogens is 396 g/mol. The molecular formula is C23H26N4O2S. The fraction of sp³-hybridized carbons (Fsp3) is 0.348. The normalized spacial score (nSPS) is 11.4. The summed E-state index contributed by atoms with van der Waals surface area (Å²) in [4.78, 5) is 38.1. The number of thiophene rings is 1. The molecule has 1 amide bonds. The van der Waals surface area contributed by atoms with Gasteiger partial charge in [0.15, 0.2) is 5.69 Å². The van der Waals surface area contributed by atoms with E-state index in [-0.39, 0.29) is 11.5 Å². The number of nitrogens with one attached hydrogen (secondary N) is 2. The number of benzene rings is 1. The molecule has 0 aliphatic heterocycles. The summed E-state index contributed by atoms with van der Waals surface area (Å²) in [5, 5.41) is 4.68. The highest BCUT2D eigenvalue weighted by molar-refractivity contribution is 7.09. The van der Waals surface area contributed by atoms with Crippen LogP contribution in [-0.2, 0) is 0 Å². The van der Waals surface area contributed by atoms with Gasteiger partial charge < -0.3 is 14.9 Å². The lowest BCUT2D eigenvalue weighted by Crippen LogP contribution is -2.32. The Balaban J connectivity index is 1.65. The highest BCUT2D eigenvalue weighted by atomic mass is 32.1. The van der Waals surface area contributed by atoms with Gasteiger partial charge in [0, 0.05) is 40.3 Å². The zero-order chi connectivity index (χ0) is 21.1. The Morgan fingerprint density at radius 1 is 1.03 bits per heavy atom. The fourth-order valence-corrected chi connectivity index (χ4v) is 4.41. The van der Waals surface area contributed by atoms with Crippen molar-refractivity contribution in [3.63, 3.8) is 0 Å². The van der Waals surface area contributed by atoms with E-state index in [1.54, 1.807) is 0 Å². The molecule has 0 saturated carbocycles. The SMILES string of the molecule is CCCCCN(CCC)C(=O)c1ccc2[nH]c(-c3nc4cscc4[nH]c3=O)cc2c1. The zero-order valence-electron chi connectivity index (χ0n) is 17.3. The molecule has 30 heavy (non-hydrogen) atoms. The van der Waals surface area contributed by atoms with Gasteiger partial charge in [0.2, 0.25) is 0 Å². The van der Waals surface area contributed by atoms with Gasteiger partial charge in [0.25, 0.3) is 11.5 Å². The Hall–Kier alpha value is -2.93. The van der Waals surface area contributed by atoms with Gasteiger partial charge in [-0.25, -0.2) is 4.98 Å². The summed E-state index contributed by atoms with van der Waals surface area (Å²) in [6, 6.07) is 7.55. The van der Waals surface area contributed by atoms with Gasteiger partial charge in [-0.1, -0.05) is 26.7 Å². The summed E-state index contributed by atoms with van der Waals surface area (Å²) in [6.45, 7) is 5.81. The number of aromatic amines is 2. The van der Waals surface area contributed by atoms with Crippen LogP contribution in [0.5, 0.6) is 0 Å². The van der Waals surface area contributed by atoms with E-state index in [9.17, 15) is 9.59 Å². The van der Waals surface area contributed by atoms with Gasteiger partial charge in [-0.15, -0.1) is 11.3 Å². The average molecular weight is 423 g/mol. The second-order valence-electron chi connectivity index (χ2n) is 7.57. The average Bonchev–Trinajstić information content (AvgIpc) is 3.37. The third-order valence-electron chi connectivity index (χ3n) is 5.27. The van der Waals surface area contributed by atoms with E-state index in [4.69, 9.17) is 0 Å². The molecule has 0 atom stereocenters. The Bertz CT molecular complexity index is 1240. The first-order chi connectivity index (χ1) is 14.6. The summed E-state index contributed by atoms with van der Waals surface area (Å²) in [6.07, 6.45) is 4.23. The Kier molecular flexibility index (Phi) is 5.99. The molecule has 0 aliphatic rings. The summed E-state index contributed by atoms with van der Waals surface area (Å²) in [7, 11) is 0. The van der Waals surface area contributed by atoms with Gasteiger partial charge in [-0.2, -0.15) is 0 Å². The van der Waals surface area contributed by atoms with Crippen LogP contribution in [0.25, 0.3) is 33.3 Å². The van der Waals surface area contributed by atoms with Gasteiger partial charge in [0.05, 0.1) is 16.7 Å². The maximum atomic E-state index is 13.1. The molecule has 3 heterocycles. The summed E-state index contributed by atoms with van der Waals surface area (Å²) in [5.41, 5.74) is 3.85. The second kappa shape index (κ2) is 8.83. The van der Waals surface area contributed by atoms with Crippen molar-refractivity contribution in [2.45, 2.75) is 39.5 Å². The number of nitrogens with zero attached hydrogens (tertiary/aromatic N) is 2. The van der Waals surface area contributed by atoms with Gasteiger partial charge >= 0.3 is 0 Å². The summed E-state index contributed by atoms with van der Waals surface area (Å²) >= 11 is 1.50. The van der Waals surface area contributed by atoms with Crippen LogP contribution in [0.15, 0.2) is 39.8 Å². The fourth-order valence-electron chi connectivity index (χ4n) is 3.72. The molecule has 0 spiro atoms. The van der Waals surface area contributed by atoms with Crippen molar-refractivity contribution in [2.75, 3.05) is 13.1 Å². The van der Waals surface area contributed by atoms with E-state index in [0.29, 0.717) is 17.0 Å². The molecule has 2 N–H and O–H groups in total. The molecule has 0 unspecified atom stereocenters. The highest BCUT2D eigenvalue weighted by Gasteiger charge is 2.17. The van der Waals surface area contributed by atoms with Crippen molar-refractivity contribution in [1.82, 2.24) is 19.9 Å². The number of fused-ring (bicyclic) bond motifs is 2. The Morgan fingerprint density at radius 2 is 1.90 bits per heavy atom. The minimum Gasteiger partial charge on any atom is -0.353 e. The van der Waals surface area contributed by atoms with Crippen LogP contribution in [0.2, 0.25) is 0 Å². The third kappa shape index (κ3) is 4.03. The number of rotatable bonds is 8. The summed E-state index contributed by atoms with van der Waals surface area (Å²) < 4.78 is 0. The van der Waals surface area contributed by atoms with E-state index < -0.39 is 0 Å². The molecule has 156 valence electrons. The van der Waals surface area contributed by atoms with E-state index in [1.165, 1.54) is 11.3 Å². The minimum absolute atomic E-state index is 0.0632. The van der Waals surface area contributed by atoms with Gasteiger partial charge in [-0.3, -0.25) is 9.59 Å². The van der Waals surface area contributed by atoms with Crippen LogP contribution in [0.1, 0.15) is 49.9 Å². The molecule has 3 aromatic heterocycles. The number of hydrogen-bond acceptors (Lipinski definition) is 4. The van der Waals surface area contributed by atoms with Crippen LogP contribution >= 0.6 is 11.3 Å². The molecule has 7 heteroatoms. The number of amides is 1. The summed E-state index contributed by atoms with van der Waals surface area (Å²) in [5.74, 6) is 0.0632. The first-order valence-electron chi connectivity index (χ1n) is 10.5. The van der Waals surface area contributed by atoms with E-state index >= 15 is 0 Å². The largest absolute Gasteiger partial charge is 0.353 e. The molecule has 0 aliphatic carbocycles. The first-order valence-corrected chi connectivity index (χ1v) is 11.4. The lowest BCUT2D eigenvalue weighted by molar-refractivity contribution is 0.0753. The van der Waals surface area contributed by atoms with Crippen molar-refractivity contribution in [3.8, 4) is 11.4 Å². The third-order valence-corrected chi connectivity index (χ3v) is 6.00. The first kappa shape index (κ1) is 20.3. The number of H-pyrrole nitrogens is 2. The Morgan fingerprint density at radius 3 is 2.70 bits per heavy atom. The zero-order valence-corrected chi connectivity index (χ0v) is 18.1. The molecule has 0 bridgehead atoms. The Labute approximate surface area is 179 Å². The van der Waals surface area contributed by atoms with E-state index in [2.05, 4.69) is 28.8 Å². The smallest absolute Gasteiger partial charge is 0.276 e. The number of hydrogen-bond donors (Lipinski definition) is 2. The molecule has 0 radical (unpaired) electrons. The number of unbranched alkanes of at least 4 members (excludes halogenated alkanes) is 2. The minimum atomic E-state index is -0.228. The van der Waals surface area contributed by atoms with Crippen molar-refractivity contribution < 1.29 is 4.79 Å². The van der Waals surface area contributed by atoms with Gasteiger partial charge in [-0.05, 0) is 37.1 Å². The van der Waals surface area contributed by atoms with Crippen molar-refractivity contribution in [3.05, 3.63) is 50.9 Å². The maximum Gasteiger partial charge on any atom is 0.276 e. The predicted octanol–water partition coefficient (Wildman–Crippen LogP) is 5.18. The van der Waals surface area contributed by atoms with Crippen LogP contribution in [-0.4, -0.2) is 38.8 Å². The van der Waals surface area contributed by atoms with E-state index in [0.717, 1.165) is 60.7 Å². The molecule has 4 aromatic rings. The van der Waals surface area contributed by atoms with Crippen LogP contribution in [0, 0.1) is 0 Å².